The second-order valence-corrected chi connectivity index (χ2v) is 7.89. The Kier molecular flexibility index (Phi) is 10.9. The van der Waals surface area contributed by atoms with Gasteiger partial charge in [-0.25, -0.2) is 4.39 Å². The van der Waals surface area contributed by atoms with Crippen LogP contribution in [0.2, 0.25) is 0 Å². The lowest BCUT2D eigenvalue weighted by Crippen LogP contribution is -2.42. The number of ether oxygens (including phenoxy) is 1. The van der Waals surface area contributed by atoms with Crippen LogP contribution in [0.1, 0.15) is 35.5 Å². The minimum absolute atomic E-state index is 0. The van der Waals surface area contributed by atoms with Crippen LogP contribution in [0, 0.1) is 19.7 Å². The zero-order valence-electron chi connectivity index (χ0n) is 19.5. The average Bonchev–Trinajstić information content (AvgIpc) is 3.01. The summed E-state index contributed by atoms with van der Waals surface area (Å²) >= 11 is 0. The number of halogens is 2. The molecule has 2 N–H and O–H groups in total. The van der Waals surface area contributed by atoms with E-state index in [0.717, 1.165) is 49.8 Å². The maximum absolute atomic E-state index is 13.5. The lowest BCUT2D eigenvalue weighted by Gasteiger charge is -2.34. The van der Waals surface area contributed by atoms with Gasteiger partial charge in [0, 0.05) is 38.9 Å². The number of nitrogens with one attached hydrogen (secondary N) is 2. The van der Waals surface area contributed by atoms with E-state index >= 15 is 0 Å². The number of guanidine groups is 1. The lowest BCUT2D eigenvalue weighted by molar-refractivity contribution is 0.0179. The van der Waals surface area contributed by atoms with Gasteiger partial charge >= 0.3 is 0 Å². The minimum atomic E-state index is -0.219. The third-order valence-corrected chi connectivity index (χ3v) is 5.83. The van der Waals surface area contributed by atoms with Gasteiger partial charge in [0.25, 0.3) is 0 Å². The summed E-state index contributed by atoms with van der Waals surface area (Å²) in [4.78, 5) is 7.23. The molecule has 1 atom stereocenters. The summed E-state index contributed by atoms with van der Waals surface area (Å²) in [6, 6.07) is 6.85. The van der Waals surface area contributed by atoms with Crippen molar-refractivity contribution in [2.75, 3.05) is 45.9 Å². The molecule has 7 nitrogen and oxygen atoms in total. The van der Waals surface area contributed by atoms with E-state index in [-0.39, 0.29) is 35.8 Å². The highest BCUT2D eigenvalue weighted by Gasteiger charge is 2.22. The molecule has 1 unspecified atom stereocenters. The lowest BCUT2D eigenvalue weighted by atomic mass is 10.0. The van der Waals surface area contributed by atoms with Crippen LogP contribution in [-0.4, -0.2) is 66.6 Å². The quantitative estimate of drug-likeness (QED) is 0.297. The molecular weight excluding hydrogens is 522 g/mol. The van der Waals surface area contributed by atoms with Gasteiger partial charge in [0.15, 0.2) is 5.96 Å². The van der Waals surface area contributed by atoms with Gasteiger partial charge in [0.2, 0.25) is 0 Å². The average molecular weight is 558 g/mol. The fourth-order valence-electron chi connectivity index (χ4n) is 4.01. The van der Waals surface area contributed by atoms with Crippen LogP contribution in [0.4, 0.5) is 4.39 Å². The minimum Gasteiger partial charge on any atom is -0.379 e. The first kappa shape index (κ1) is 26.5. The summed E-state index contributed by atoms with van der Waals surface area (Å²) in [5, 5.41) is 11.3. The number of aryl methyl sites for hydroxylation is 2. The van der Waals surface area contributed by atoms with Crippen LogP contribution in [0.15, 0.2) is 29.3 Å². The Morgan fingerprint density at radius 3 is 2.47 bits per heavy atom. The molecule has 2 aromatic rings. The normalized spacial score (nSPS) is 15.8. The van der Waals surface area contributed by atoms with Crippen molar-refractivity contribution in [3.8, 4) is 0 Å². The summed E-state index contributed by atoms with van der Waals surface area (Å²) in [5.41, 5.74) is 4.63. The van der Waals surface area contributed by atoms with E-state index < -0.39 is 0 Å². The van der Waals surface area contributed by atoms with Crippen LogP contribution >= 0.6 is 24.0 Å². The molecule has 2 heterocycles. The van der Waals surface area contributed by atoms with Gasteiger partial charge in [-0.1, -0.05) is 12.1 Å². The van der Waals surface area contributed by atoms with Gasteiger partial charge < -0.3 is 15.4 Å². The van der Waals surface area contributed by atoms with Crippen molar-refractivity contribution in [1.29, 1.82) is 0 Å². The standard InChI is InChI=1S/C23H35FN6O.HI/c1-5-25-23(26-11-10-21-17(2)28-29(4)18(21)3)27-16-22(30-12-14-31-15-13-30)19-6-8-20(24)9-7-19;/h6-9,22H,5,10-16H2,1-4H3,(H2,25,26,27);1H. The monoisotopic (exact) mass is 558 g/mol. The topological polar surface area (TPSA) is 66.7 Å². The molecule has 1 aromatic heterocycles. The first-order valence-electron chi connectivity index (χ1n) is 11.1. The first-order valence-corrected chi connectivity index (χ1v) is 11.1. The molecule has 32 heavy (non-hydrogen) atoms. The highest BCUT2D eigenvalue weighted by molar-refractivity contribution is 14.0. The zero-order chi connectivity index (χ0) is 22.2. The molecule has 0 bridgehead atoms. The smallest absolute Gasteiger partial charge is 0.191 e. The van der Waals surface area contributed by atoms with Gasteiger partial charge in [-0.2, -0.15) is 5.10 Å². The molecule has 0 radical (unpaired) electrons. The Balaban J connectivity index is 0.00000363. The van der Waals surface area contributed by atoms with Crippen LogP contribution < -0.4 is 10.6 Å². The van der Waals surface area contributed by atoms with Gasteiger partial charge in [0.1, 0.15) is 5.82 Å². The van der Waals surface area contributed by atoms with E-state index in [1.165, 1.54) is 23.4 Å². The van der Waals surface area contributed by atoms with Gasteiger partial charge in [-0.05, 0) is 50.5 Å². The molecule has 0 spiro atoms. The summed E-state index contributed by atoms with van der Waals surface area (Å²) in [5.74, 6) is 0.575. The van der Waals surface area contributed by atoms with Crippen molar-refractivity contribution in [3.63, 3.8) is 0 Å². The largest absolute Gasteiger partial charge is 0.379 e. The Morgan fingerprint density at radius 2 is 1.88 bits per heavy atom. The molecule has 1 aliphatic rings. The molecule has 1 aromatic carbocycles. The maximum Gasteiger partial charge on any atom is 0.191 e. The van der Waals surface area contributed by atoms with Gasteiger partial charge in [0.05, 0.1) is 31.5 Å². The number of nitrogens with zero attached hydrogens (tertiary/aromatic N) is 4. The van der Waals surface area contributed by atoms with Crippen LogP contribution in [0.3, 0.4) is 0 Å². The fourth-order valence-corrected chi connectivity index (χ4v) is 4.01. The highest BCUT2D eigenvalue weighted by atomic mass is 127. The van der Waals surface area contributed by atoms with Gasteiger partial charge in [-0.15, -0.1) is 24.0 Å². The molecule has 1 saturated heterocycles. The Morgan fingerprint density at radius 1 is 1.19 bits per heavy atom. The number of hydrogen-bond donors (Lipinski definition) is 2. The molecule has 3 rings (SSSR count). The van der Waals surface area contributed by atoms with Crippen molar-refractivity contribution in [3.05, 3.63) is 52.6 Å². The van der Waals surface area contributed by atoms with E-state index in [9.17, 15) is 4.39 Å². The van der Waals surface area contributed by atoms with Crippen molar-refractivity contribution in [2.24, 2.45) is 12.0 Å². The highest BCUT2D eigenvalue weighted by Crippen LogP contribution is 2.22. The van der Waals surface area contributed by atoms with Crippen LogP contribution in [0.25, 0.3) is 0 Å². The third kappa shape index (κ3) is 7.14. The predicted molar refractivity (Wildman–Crippen MR) is 137 cm³/mol. The molecule has 9 heteroatoms. The number of aromatic nitrogens is 2. The molecule has 178 valence electrons. The van der Waals surface area contributed by atoms with Crippen molar-refractivity contribution in [1.82, 2.24) is 25.3 Å². The number of rotatable bonds is 8. The van der Waals surface area contributed by atoms with Crippen LogP contribution in [-0.2, 0) is 18.2 Å². The Bertz CT molecular complexity index is 864. The van der Waals surface area contributed by atoms with Crippen molar-refractivity contribution in [2.45, 2.75) is 33.2 Å². The predicted octanol–water partition coefficient (Wildman–Crippen LogP) is 2.97. The summed E-state index contributed by atoms with van der Waals surface area (Å²) in [6.07, 6.45) is 0.890. The first-order chi connectivity index (χ1) is 15.0. The molecular formula is C23H36FIN6O. The molecule has 0 aliphatic carbocycles. The second-order valence-electron chi connectivity index (χ2n) is 7.89. The second kappa shape index (κ2) is 13.1. The molecule has 0 amide bonds. The Labute approximate surface area is 207 Å². The van der Waals surface area contributed by atoms with E-state index in [0.29, 0.717) is 19.8 Å². The molecule has 0 saturated carbocycles. The zero-order valence-corrected chi connectivity index (χ0v) is 21.9. The SMILES string of the molecule is CCNC(=NCC(c1ccc(F)cc1)N1CCOCC1)NCCc1c(C)nn(C)c1C.I. The Hall–Kier alpha value is -1.72. The number of benzene rings is 1. The molecule has 1 fully saturated rings. The van der Waals surface area contributed by atoms with E-state index in [4.69, 9.17) is 9.73 Å². The summed E-state index contributed by atoms with van der Waals surface area (Å²) < 4.78 is 20.9. The van der Waals surface area contributed by atoms with Gasteiger partial charge in [-0.3, -0.25) is 14.6 Å². The summed E-state index contributed by atoms with van der Waals surface area (Å²) in [7, 11) is 1.98. The van der Waals surface area contributed by atoms with E-state index in [1.807, 2.05) is 23.9 Å². The van der Waals surface area contributed by atoms with E-state index in [2.05, 4.69) is 41.4 Å². The number of hydrogen-bond acceptors (Lipinski definition) is 4. The van der Waals surface area contributed by atoms with Crippen molar-refractivity contribution < 1.29 is 9.13 Å². The van der Waals surface area contributed by atoms with Crippen molar-refractivity contribution >= 4 is 29.9 Å². The van der Waals surface area contributed by atoms with E-state index in [1.54, 1.807) is 0 Å². The summed E-state index contributed by atoms with van der Waals surface area (Å²) in [6.45, 7) is 11.5. The fraction of sp³-hybridized carbons (Fsp3) is 0.565. The number of morpholine rings is 1. The van der Waals surface area contributed by atoms with Crippen LogP contribution in [0.5, 0.6) is 0 Å². The maximum atomic E-state index is 13.5. The third-order valence-electron chi connectivity index (χ3n) is 5.83. The number of aliphatic imine (C=N–C) groups is 1. The molecule has 1 aliphatic heterocycles.